The molecule has 2 aromatic rings. The number of ether oxygens (including phenoxy) is 2. The molecule has 0 aromatic carbocycles. The molecule has 0 atom stereocenters. The second-order valence-corrected chi connectivity index (χ2v) is 10.3. The molecule has 37 heavy (non-hydrogen) atoms. The summed E-state index contributed by atoms with van der Waals surface area (Å²) in [7, 11) is 1.71. The highest BCUT2D eigenvalue weighted by Gasteiger charge is 2.30. The van der Waals surface area contributed by atoms with Crippen LogP contribution in [0.15, 0.2) is 35.5 Å². The zero-order chi connectivity index (χ0) is 25.9. The van der Waals surface area contributed by atoms with Crippen molar-refractivity contribution < 1.29 is 9.47 Å². The maximum atomic E-state index is 6.57. The maximum Gasteiger partial charge on any atom is 0.126 e. The first kappa shape index (κ1) is 27.4. The van der Waals surface area contributed by atoms with Gasteiger partial charge in [0.15, 0.2) is 0 Å². The predicted molar refractivity (Wildman–Crippen MR) is 152 cm³/mol. The Kier molecular flexibility index (Phi) is 10.2. The molecule has 0 unspecified atom stereocenters. The number of pyridine rings is 2. The van der Waals surface area contributed by atoms with Crippen LogP contribution in [0.1, 0.15) is 45.4 Å². The summed E-state index contributed by atoms with van der Waals surface area (Å²) in [6.07, 6.45) is 10.1. The normalized spacial score (nSPS) is 21.3. The van der Waals surface area contributed by atoms with Gasteiger partial charge in [-0.15, -0.1) is 5.92 Å². The van der Waals surface area contributed by atoms with Gasteiger partial charge >= 0.3 is 0 Å². The summed E-state index contributed by atoms with van der Waals surface area (Å²) in [4.78, 5) is 13.9. The van der Waals surface area contributed by atoms with Crippen LogP contribution in [0.5, 0.6) is 0 Å². The topological polar surface area (TPSA) is 80.7 Å². The van der Waals surface area contributed by atoms with Crippen molar-refractivity contribution in [1.29, 1.82) is 0 Å². The summed E-state index contributed by atoms with van der Waals surface area (Å²) < 4.78 is 10.6. The van der Waals surface area contributed by atoms with Crippen LogP contribution in [-0.4, -0.2) is 62.2 Å². The molecule has 0 amide bonds. The number of hydrogen-bond acceptors (Lipinski definition) is 7. The van der Waals surface area contributed by atoms with Crippen LogP contribution in [-0.2, 0) is 9.47 Å². The quantitative estimate of drug-likeness (QED) is 0.235. The number of hydrogen-bond donors (Lipinski definition) is 2. The average Bonchev–Trinajstić information content (AvgIpc) is 2.93. The van der Waals surface area contributed by atoms with E-state index in [1.807, 2.05) is 31.2 Å². The van der Waals surface area contributed by atoms with E-state index in [2.05, 4.69) is 38.7 Å². The lowest BCUT2D eigenvalue weighted by molar-refractivity contribution is 0.0464. The van der Waals surface area contributed by atoms with Gasteiger partial charge in [0.25, 0.3) is 0 Å². The number of nitrogens with one attached hydrogen (secondary N) is 2. The third-order valence-corrected chi connectivity index (χ3v) is 7.49. The van der Waals surface area contributed by atoms with Crippen molar-refractivity contribution in [2.75, 3.05) is 50.7 Å². The van der Waals surface area contributed by atoms with Crippen LogP contribution >= 0.6 is 11.6 Å². The minimum atomic E-state index is -0.0785. The Morgan fingerprint density at radius 2 is 2.03 bits per heavy atom. The van der Waals surface area contributed by atoms with Gasteiger partial charge < -0.3 is 20.1 Å². The summed E-state index contributed by atoms with van der Waals surface area (Å²) in [6, 6.07) is 8.38. The smallest absolute Gasteiger partial charge is 0.126 e. The van der Waals surface area contributed by atoms with E-state index in [0.29, 0.717) is 23.6 Å². The highest BCUT2D eigenvalue weighted by atomic mass is 35.5. The number of nitrogens with zero attached hydrogens (tertiary/aromatic N) is 3. The summed E-state index contributed by atoms with van der Waals surface area (Å²) in [5.74, 6) is 8.72. The minimum absolute atomic E-state index is 0.0785. The number of methoxy groups -OCH3 is 1. The summed E-state index contributed by atoms with van der Waals surface area (Å²) in [5, 5.41) is 7.71. The van der Waals surface area contributed by atoms with Gasteiger partial charge in [0, 0.05) is 50.9 Å². The Hall–Kier alpha value is -2.66. The molecule has 2 fully saturated rings. The average molecular weight is 524 g/mol. The number of anilines is 2. The van der Waals surface area contributed by atoms with Crippen LogP contribution in [0.2, 0.25) is 5.02 Å². The Morgan fingerprint density at radius 1 is 1.22 bits per heavy atom. The number of aliphatic imine (C=N–C) groups is 1. The Labute approximate surface area is 225 Å². The molecule has 0 spiro atoms. The van der Waals surface area contributed by atoms with Gasteiger partial charge in [-0.3, -0.25) is 4.99 Å². The van der Waals surface area contributed by atoms with Gasteiger partial charge in [0.1, 0.15) is 11.6 Å². The van der Waals surface area contributed by atoms with Crippen LogP contribution in [0.3, 0.4) is 0 Å². The highest BCUT2D eigenvalue weighted by molar-refractivity contribution is 6.33. The fourth-order valence-electron chi connectivity index (χ4n) is 5.02. The van der Waals surface area contributed by atoms with E-state index < -0.39 is 0 Å². The summed E-state index contributed by atoms with van der Waals surface area (Å²) in [5.41, 5.74) is 1.61. The minimum Gasteiger partial charge on any atom is -0.383 e. The third-order valence-electron chi connectivity index (χ3n) is 7.19. The van der Waals surface area contributed by atoms with Crippen molar-refractivity contribution in [1.82, 2.24) is 9.97 Å². The Balaban J connectivity index is 1.38. The molecule has 3 heterocycles. The number of aromatic nitrogens is 2. The monoisotopic (exact) mass is 523 g/mol. The van der Waals surface area contributed by atoms with E-state index in [1.165, 1.54) is 0 Å². The van der Waals surface area contributed by atoms with Crippen LogP contribution in [0.25, 0.3) is 11.3 Å². The van der Waals surface area contributed by atoms with Crippen LogP contribution in [0, 0.1) is 23.2 Å². The molecule has 7 nitrogen and oxygen atoms in total. The van der Waals surface area contributed by atoms with Gasteiger partial charge in [0.05, 0.1) is 29.3 Å². The van der Waals surface area contributed by atoms with Crippen molar-refractivity contribution in [3.8, 4) is 23.1 Å². The molecule has 2 aromatic heterocycles. The van der Waals surface area contributed by atoms with Gasteiger partial charge in [-0.2, -0.15) is 0 Å². The fourth-order valence-corrected chi connectivity index (χ4v) is 5.22. The van der Waals surface area contributed by atoms with Gasteiger partial charge in [-0.05, 0) is 69.6 Å². The Bertz CT molecular complexity index is 1100. The molecule has 2 N–H and O–H groups in total. The van der Waals surface area contributed by atoms with Crippen molar-refractivity contribution in [2.24, 2.45) is 16.3 Å². The number of rotatable bonds is 10. The van der Waals surface area contributed by atoms with Crippen molar-refractivity contribution in [2.45, 2.75) is 51.5 Å². The molecule has 4 rings (SSSR count). The predicted octanol–water partition coefficient (Wildman–Crippen LogP) is 5.72. The molecule has 0 radical (unpaired) electrons. The SMILES string of the molecule is CC#CC1(CNc2cccc(-c3cc(NC4CCC(C=NCCOC)CC4)ncc3Cl)n2)CCOCC1. The van der Waals surface area contributed by atoms with Crippen molar-refractivity contribution in [3.05, 3.63) is 35.5 Å². The lowest BCUT2D eigenvalue weighted by atomic mass is 9.81. The second-order valence-electron chi connectivity index (χ2n) is 9.88. The zero-order valence-electron chi connectivity index (χ0n) is 21.9. The molecule has 198 valence electrons. The van der Waals surface area contributed by atoms with Crippen LogP contribution < -0.4 is 10.6 Å². The summed E-state index contributed by atoms with van der Waals surface area (Å²) >= 11 is 6.57. The largest absolute Gasteiger partial charge is 0.383 e. The molecular formula is C29H38ClN5O2. The van der Waals surface area contributed by atoms with E-state index >= 15 is 0 Å². The molecular weight excluding hydrogens is 486 g/mol. The molecule has 1 saturated carbocycles. The van der Waals surface area contributed by atoms with Crippen molar-refractivity contribution >= 4 is 29.5 Å². The molecule has 1 aliphatic carbocycles. The molecule has 2 aliphatic rings. The van der Waals surface area contributed by atoms with E-state index in [9.17, 15) is 0 Å². The van der Waals surface area contributed by atoms with E-state index in [0.717, 1.165) is 87.7 Å². The molecule has 8 heteroatoms. The second kappa shape index (κ2) is 13.8. The fraction of sp³-hybridized carbons (Fsp3) is 0.552. The zero-order valence-corrected chi connectivity index (χ0v) is 22.7. The molecule has 0 bridgehead atoms. The molecule has 1 saturated heterocycles. The van der Waals surface area contributed by atoms with Gasteiger partial charge in [-0.1, -0.05) is 23.6 Å². The lowest BCUT2D eigenvalue weighted by Crippen LogP contribution is -2.35. The van der Waals surface area contributed by atoms with Crippen LogP contribution in [0.4, 0.5) is 11.6 Å². The first-order valence-corrected chi connectivity index (χ1v) is 13.6. The summed E-state index contributed by atoms with van der Waals surface area (Å²) in [6.45, 7) is 5.54. The number of halogens is 1. The van der Waals surface area contributed by atoms with Crippen molar-refractivity contribution in [3.63, 3.8) is 0 Å². The van der Waals surface area contributed by atoms with Gasteiger partial charge in [0.2, 0.25) is 0 Å². The lowest BCUT2D eigenvalue weighted by Gasteiger charge is -2.32. The van der Waals surface area contributed by atoms with E-state index in [4.69, 9.17) is 26.1 Å². The first-order chi connectivity index (χ1) is 18.1. The van der Waals surface area contributed by atoms with E-state index in [1.54, 1.807) is 13.3 Å². The maximum absolute atomic E-state index is 6.57. The third kappa shape index (κ3) is 7.91. The highest BCUT2D eigenvalue weighted by Crippen LogP contribution is 2.32. The standard InChI is InChI=1S/C29H38ClN5O2/c1-3-11-29(12-15-37-16-13-29)21-33-27-6-4-5-26(35-27)24-18-28(32-20-25(24)30)34-23-9-7-22(8-10-23)19-31-14-17-36-2/h4-6,18-20,22-23H,7-10,12-17,21H2,1-2H3,(H,32,34)(H,33,35). The van der Waals surface area contributed by atoms with Gasteiger partial charge in [-0.25, -0.2) is 9.97 Å². The molecule has 1 aliphatic heterocycles. The Morgan fingerprint density at radius 3 is 2.78 bits per heavy atom. The van der Waals surface area contributed by atoms with E-state index in [-0.39, 0.29) is 5.41 Å². The first-order valence-electron chi connectivity index (χ1n) is 13.2.